The van der Waals surface area contributed by atoms with Crippen LogP contribution in [0.5, 0.6) is 5.75 Å². The Kier molecular flexibility index (Phi) is 3.89. The number of aromatic hydroxyl groups is 1. The van der Waals surface area contributed by atoms with Gasteiger partial charge in [0.05, 0.1) is 11.0 Å². The number of hydrogen-bond acceptors (Lipinski definition) is 5. The summed E-state index contributed by atoms with van der Waals surface area (Å²) >= 11 is 0. The molecule has 0 spiro atoms. The lowest BCUT2D eigenvalue weighted by molar-refractivity contribution is 0.0949. The van der Waals surface area contributed by atoms with Crippen LogP contribution in [0.3, 0.4) is 0 Å². The summed E-state index contributed by atoms with van der Waals surface area (Å²) in [6.07, 6.45) is 2.30. The molecule has 0 atom stereocenters. The van der Waals surface area contributed by atoms with Gasteiger partial charge in [0, 0.05) is 12.7 Å². The summed E-state index contributed by atoms with van der Waals surface area (Å²) in [6.45, 7) is 0.452. The number of benzene rings is 2. The van der Waals surface area contributed by atoms with E-state index in [1.165, 1.54) is 0 Å². The Labute approximate surface area is 149 Å². The van der Waals surface area contributed by atoms with Crippen molar-refractivity contribution in [2.75, 3.05) is 12.3 Å². The second-order valence-electron chi connectivity index (χ2n) is 5.98. The summed E-state index contributed by atoms with van der Waals surface area (Å²) in [7, 11) is 0. The van der Waals surface area contributed by atoms with Gasteiger partial charge in [-0.05, 0) is 36.2 Å². The normalized spacial score (nSPS) is 11.1. The lowest BCUT2D eigenvalue weighted by Crippen LogP contribution is -2.27. The van der Waals surface area contributed by atoms with Crippen molar-refractivity contribution in [2.45, 2.75) is 6.42 Å². The van der Waals surface area contributed by atoms with E-state index in [1.54, 1.807) is 22.7 Å². The van der Waals surface area contributed by atoms with E-state index in [1.807, 2.05) is 36.4 Å². The molecule has 0 saturated carbocycles. The number of nitrogens with one attached hydrogen (secondary N) is 1. The third-order valence-corrected chi connectivity index (χ3v) is 4.19. The largest absolute Gasteiger partial charge is 0.508 e. The second kappa shape index (κ2) is 6.36. The van der Waals surface area contributed by atoms with Crippen molar-refractivity contribution in [3.05, 3.63) is 66.0 Å². The number of carbonyl (C=O) groups is 1. The molecule has 4 aromatic rings. The number of nitrogens with zero attached hydrogens (tertiary/aromatic N) is 3. The van der Waals surface area contributed by atoms with Crippen LogP contribution in [0.4, 0.5) is 5.82 Å². The zero-order valence-electron chi connectivity index (χ0n) is 13.9. The summed E-state index contributed by atoms with van der Waals surface area (Å²) in [5, 5.41) is 12.1. The quantitative estimate of drug-likeness (QED) is 0.524. The number of nitrogen functional groups attached to an aromatic ring is 1. The van der Waals surface area contributed by atoms with Gasteiger partial charge in [0.15, 0.2) is 11.5 Å². The van der Waals surface area contributed by atoms with E-state index >= 15 is 0 Å². The molecule has 7 nitrogen and oxygen atoms in total. The van der Waals surface area contributed by atoms with Crippen molar-refractivity contribution in [1.82, 2.24) is 19.7 Å². The molecule has 1 amide bonds. The smallest absolute Gasteiger partial charge is 0.271 e. The number of aromatic nitrogens is 3. The highest BCUT2D eigenvalue weighted by molar-refractivity contribution is 5.94. The van der Waals surface area contributed by atoms with E-state index in [4.69, 9.17) is 5.73 Å². The molecule has 0 aliphatic heterocycles. The Morgan fingerprint density at radius 1 is 1.12 bits per heavy atom. The van der Waals surface area contributed by atoms with Crippen molar-refractivity contribution in [3.63, 3.8) is 0 Å². The Bertz CT molecular complexity index is 1100. The molecule has 0 aliphatic carbocycles. The molecule has 0 radical (unpaired) electrons. The second-order valence-corrected chi connectivity index (χ2v) is 5.98. The molecule has 7 heteroatoms. The van der Waals surface area contributed by atoms with Crippen LogP contribution in [0.1, 0.15) is 16.1 Å². The Morgan fingerprint density at radius 3 is 2.69 bits per heavy atom. The Balaban J connectivity index is 1.54. The molecule has 130 valence electrons. The van der Waals surface area contributed by atoms with Crippen LogP contribution in [0.2, 0.25) is 0 Å². The maximum Gasteiger partial charge on any atom is 0.271 e. The maximum absolute atomic E-state index is 12.4. The molecule has 4 rings (SSSR count). The number of fused-ring (bicyclic) bond motifs is 3. The lowest BCUT2D eigenvalue weighted by atomic mass is 10.1. The number of phenolic OH excluding ortho intramolecular Hbond substituents is 1. The van der Waals surface area contributed by atoms with E-state index < -0.39 is 0 Å². The monoisotopic (exact) mass is 347 g/mol. The summed E-state index contributed by atoms with van der Waals surface area (Å²) in [5.74, 6) is 0.140. The van der Waals surface area contributed by atoms with Gasteiger partial charge in [0.1, 0.15) is 11.4 Å². The van der Waals surface area contributed by atoms with Crippen molar-refractivity contribution in [2.24, 2.45) is 0 Å². The molecule has 2 aromatic carbocycles. The van der Waals surface area contributed by atoms with Gasteiger partial charge in [0.2, 0.25) is 0 Å². The summed E-state index contributed by atoms with van der Waals surface area (Å²) in [5.41, 5.74) is 9.46. The fourth-order valence-electron chi connectivity index (χ4n) is 2.87. The van der Waals surface area contributed by atoms with Crippen LogP contribution in [0.25, 0.3) is 16.7 Å². The zero-order valence-corrected chi connectivity index (χ0v) is 13.9. The number of anilines is 1. The molecular formula is C19H17N5O2. The Hall–Kier alpha value is -3.61. The number of nitrogens with two attached hydrogens (primary N) is 1. The van der Waals surface area contributed by atoms with Crippen LogP contribution in [-0.2, 0) is 6.42 Å². The third-order valence-electron chi connectivity index (χ3n) is 4.19. The number of para-hydroxylation sites is 2. The average Bonchev–Trinajstić information content (AvgIpc) is 3.03. The first-order valence-electron chi connectivity index (χ1n) is 8.21. The minimum Gasteiger partial charge on any atom is -0.508 e. The standard InChI is InChI=1S/C19H17N5O2/c20-17-18-23-14-3-1-2-4-16(14)24(18)11-15(22-17)19(26)21-10-9-12-5-7-13(25)8-6-12/h1-8,11,25H,9-10H2,(H2,20,22)(H,21,26). The van der Waals surface area contributed by atoms with Gasteiger partial charge in [-0.3, -0.25) is 9.20 Å². The number of rotatable bonds is 4. The topological polar surface area (TPSA) is 106 Å². The number of hydrogen-bond donors (Lipinski definition) is 3. The van der Waals surface area contributed by atoms with Crippen molar-refractivity contribution < 1.29 is 9.90 Å². The van der Waals surface area contributed by atoms with Gasteiger partial charge in [0.25, 0.3) is 5.91 Å². The van der Waals surface area contributed by atoms with E-state index in [-0.39, 0.29) is 23.2 Å². The van der Waals surface area contributed by atoms with Crippen LogP contribution in [0.15, 0.2) is 54.7 Å². The third kappa shape index (κ3) is 2.90. The predicted octanol–water partition coefficient (Wildman–Crippen LogP) is 2.14. The number of phenols is 1. The molecule has 0 bridgehead atoms. The van der Waals surface area contributed by atoms with Crippen molar-refractivity contribution in [1.29, 1.82) is 0 Å². The SMILES string of the molecule is Nc1nc(C(=O)NCCc2ccc(O)cc2)cn2c1nc1ccccc12. The highest BCUT2D eigenvalue weighted by atomic mass is 16.3. The van der Waals surface area contributed by atoms with Gasteiger partial charge in [-0.25, -0.2) is 9.97 Å². The summed E-state index contributed by atoms with van der Waals surface area (Å²) in [6, 6.07) is 14.5. The van der Waals surface area contributed by atoms with Crippen LogP contribution in [-0.4, -0.2) is 31.9 Å². The van der Waals surface area contributed by atoms with Gasteiger partial charge < -0.3 is 16.2 Å². The number of carbonyl (C=O) groups excluding carboxylic acids is 1. The van der Waals surface area contributed by atoms with Gasteiger partial charge in [-0.1, -0.05) is 24.3 Å². The fourth-order valence-corrected chi connectivity index (χ4v) is 2.87. The van der Waals surface area contributed by atoms with Crippen LogP contribution >= 0.6 is 0 Å². The minimum atomic E-state index is -0.296. The molecule has 0 unspecified atom stereocenters. The van der Waals surface area contributed by atoms with Gasteiger partial charge in [-0.15, -0.1) is 0 Å². The summed E-state index contributed by atoms with van der Waals surface area (Å²) < 4.78 is 1.78. The predicted molar refractivity (Wildman–Crippen MR) is 99.0 cm³/mol. The molecule has 0 fully saturated rings. The molecule has 2 aromatic heterocycles. The maximum atomic E-state index is 12.4. The molecule has 0 saturated heterocycles. The fraction of sp³-hybridized carbons (Fsp3) is 0.105. The van der Waals surface area contributed by atoms with Crippen molar-refractivity contribution in [3.8, 4) is 5.75 Å². The molecule has 26 heavy (non-hydrogen) atoms. The van der Waals surface area contributed by atoms with Crippen LogP contribution < -0.4 is 11.1 Å². The van der Waals surface area contributed by atoms with E-state index in [0.29, 0.717) is 18.6 Å². The summed E-state index contributed by atoms with van der Waals surface area (Å²) in [4.78, 5) is 21.1. The van der Waals surface area contributed by atoms with E-state index in [9.17, 15) is 9.90 Å². The average molecular weight is 347 g/mol. The Morgan fingerprint density at radius 2 is 1.88 bits per heavy atom. The molecule has 4 N–H and O–H groups in total. The van der Waals surface area contributed by atoms with E-state index in [0.717, 1.165) is 16.6 Å². The molecule has 0 aliphatic rings. The molecular weight excluding hydrogens is 330 g/mol. The van der Waals surface area contributed by atoms with E-state index in [2.05, 4.69) is 15.3 Å². The first-order valence-corrected chi connectivity index (χ1v) is 8.21. The van der Waals surface area contributed by atoms with Gasteiger partial charge in [-0.2, -0.15) is 0 Å². The number of imidazole rings is 1. The molecule has 2 heterocycles. The minimum absolute atomic E-state index is 0.215. The first kappa shape index (κ1) is 15.9. The van der Waals surface area contributed by atoms with Gasteiger partial charge >= 0.3 is 0 Å². The first-order chi connectivity index (χ1) is 12.6. The number of amides is 1. The lowest BCUT2D eigenvalue weighted by Gasteiger charge is -2.07. The van der Waals surface area contributed by atoms with Crippen LogP contribution in [0, 0.1) is 0 Å². The zero-order chi connectivity index (χ0) is 18.1. The highest BCUT2D eigenvalue weighted by Crippen LogP contribution is 2.20. The van der Waals surface area contributed by atoms with Crippen molar-refractivity contribution >= 4 is 28.4 Å². The highest BCUT2D eigenvalue weighted by Gasteiger charge is 2.14.